The van der Waals surface area contributed by atoms with Crippen molar-refractivity contribution in [2.45, 2.75) is 19.1 Å². The molecule has 1 aliphatic rings. The summed E-state index contributed by atoms with van der Waals surface area (Å²) in [6.45, 7) is 3.64. The normalized spacial score (nSPS) is 17.3. The van der Waals surface area contributed by atoms with Crippen molar-refractivity contribution in [2.75, 3.05) is 33.3 Å². The zero-order chi connectivity index (χ0) is 20.1. The quantitative estimate of drug-likeness (QED) is 0.645. The molecule has 29 heavy (non-hydrogen) atoms. The van der Waals surface area contributed by atoms with Gasteiger partial charge < -0.3 is 9.64 Å². The summed E-state index contributed by atoms with van der Waals surface area (Å²) in [7, 11) is 1.88. The Bertz CT molecular complexity index is 952. The summed E-state index contributed by atoms with van der Waals surface area (Å²) in [6, 6.07) is 25.2. The third-order valence-corrected chi connectivity index (χ3v) is 5.65. The number of ether oxygens (including phenoxy) is 1. The molecule has 0 spiro atoms. The number of benzene rings is 3. The van der Waals surface area contributed by atoms with Crippen LogP contribution in [0.3, 0.4) is 0 Å². The number of fused-ring (bicyclic) bond motifs is 1. The second-order valence-electron chi connectivity index (χ2n) is 7.73. The van der Waals surface area contributed by atoms with Gasteiger partial charge in [-0.1, -0.05) is 72.8 Å². The summed E-state index contributed by atoms with van der Waals surface area (Å²) in [5.41, 5.74) is 2.54. The van der Waals surface area contributed by atoms with Crippen molar-refractivity contribution in [1.29, 1.82) is 0 Å². The monoisotopic (exact) mass is 388 g/mol. The minimum atomic E-state index is -0.384. The van der Waals surface area contributed by atoms with E-state index < -0.39 is 0 Å². The van der Waals surface area contributed by atoms with Crippen molar-refractivity contribution < 1.29 is 9.53 Å². The lowest BCUT2D eigenvalue weighted by molar-refractivity contribution is -0.148. The molecule has 4 nitrogen and oxygen atoms in total. The van der Waals surface area contributed by atoms with Gasteiger partial charge in [0.15, 0.2) is 0 Å². The fourth-order valence-corrected chi connectivity index (χ4v) is 3.99. The van der Waals surface area contributed by atoms with E-state index in [-0.39, 0.29) is 12.0 Å². The molecule has 4 heteroatoms. The van der Waals surface area contributed by atoms with Crippen molar-refractivity contribution in [3.63, 3.8) is 0 Å². The topological polar surface area (TPSA) is 32.8 Å². The zero-order valence-electron chi connectivity index (χ0n) is 17.0. The summed E-state index contributed by atoms with van der Waals surface area (Å²) in [5.74, 6) is 0.0722. The van der Waals surface area contributed by atoms with E-state index >= 15 is 0 Å². The van der Waals surface area contributed by atoms with Crippen LogP contribution in [0.4, 0.5) is 0 Å². The summed E-state index contributed by atoms with van der Waals surface area (Å²) < 4.78 is 5.82. The minimum absolute atomic E-state index is 0.0722. The Morgan fingerprint density at radius 2 is 1.79 bits per heavy atom. The lowest BCUT2D eigenvalue weighted by Gasteiger charge is -2.34. The number of hydrogen-bond donors (Lipinski definition) is 0. The first-order valence-corrected chi connectivity index (χ1v) is 10.3. The Morgan fingerprint density at radius 1 is 1.03 bits per heavy atom. The molecule has 4 rings (SSSR count). The molecule has 1 saturated heterocycles. The van der Waals surface area contributed by atoms with Gasteiger partial charge in [-0.05, 0) is 28.3 Å². The number of amides is 1. The van der Waals surface area contributed by atoms with E-state index in [0.29, 0.717) is 19.7 Å². The van der Waals surface area contributed by atoms with E-state index in [2.05, 4.69) is 71.6 Å². The van der Waals surface area contributed by atoms with Gasteiger partial charge in [-0.25, -0.2) is 0 Å². The average molecular weight is 389 g/mol. The van der Waals surface area contributed by atoms with Crippen molar-refractivity contribution in [1.82, 2.24) is 9.80 Å². The van der Waals surface area contributed by atoms with Crippen LogP contribution < -0.4 is 0 Å². The predicted octanol–water partition coefficient (Wildman–Crippen LogP) is 3.74. The van der Waals surface area contributed by atoms with Crippen molar-refractivity contribution in [3.05, 3.63) is 83.9 Å². The van der Waals surface area contributed by atoms with Crippen molar-refractivity contribution in [2.24, 2.45) is 0 Å². The molecule has 0 radical (unpaired) electrons. The molecule has 0 bridgehead atoms. The highest BCUT2D eigenvalue weighted by atomic mass is 16.5. The summed E-state index contributed by atoms with van der Waals surface area (Å²) >= 11 is 0. The van der Waals surface area contributed by atoms with Crippen LogP contribution in [0.25, 0.3) is 10.8 Å². The lowest BCUT2D eigenvalue weighted by Crippen LogP contribution is -2.50. The summed E-state index contributed by atoms with van der Waals surface area (Å²) in [6.07, 6.45) is 0.453. The maximum Gasteiger partial charge on any atom is 0.252 e. The Morgan fingerprint density at radius 3 is 2.66 bits per heavy atom. The third kappa shape index (κ3) is 4.84. The Kier molecular flexibility index (Phi) is 6.23. The van der Waals surface area contributed by atoms with Gasteiger partial charge in [0, 0.05) is 33.2 Å². The number of hydrogen-bond acceptors (Lipinski definition) is 3. The predicted molar refractivity (Wildman–Crippen MR) is 117 cm³/mol. The van der Waals surface area contributed by atoms with Crippen LogP contribution in [0.2, 0.25) is 0 Å². The smallest absolute Gasteiger partial charge is 0.252 e. The maximum absolute atomic E-state index is 13.0. The van der Waals surface area contributed by atoms with Crippen LogP contribution in [0.15, 0.2) is 72.8 Å². The zero-order valence-corrected chi connectivity index (χ0v) is 17.0. The number of nitrogens with zero attached hydrogens (tertiary/aromatic N) is 2. The van der Waals surface area contributed by atoms with Gasteiger partial charge in [0.25, 0.3) is 5.91 Å². The maximum atomic E-state index is 13.0. The number of likely N-dealkylation sites (N-methyl/N-ethyl adjacent to an activating group) is 1. The molecule has 1 amide bonds. The third-order valence-electron chi connectivity index (χ3n) is 5.65. The molecule has 150 valence electrons. The second-order valence-corrected chi connectivity index (χ2v) is 7.73. The van der Waals surface area contributed by atoms with Gasteiger partial charge >= 0.3 is 0 Å². The van der Waals surface area contributed by atoms with Crippen LogP contribution >= 0.6 is 0 Å². The van der Waals surface area contributed by atoms with Crippen LogP contribution in [-0.4, -0.2) is 55.1 Å². The van der Waals surface area contributed by atoms with Gasteiger partial charge in [0.2, 0.25) is 0 Å². The molecule has 1 unspecified atom stereocenters. The van der Waals surface area contributed by atoms with Crippen molar-refractivity contribution >= 4 is 16.7 Å². The molecular weight excluding hydrogens is 360 g/mol. The molecule has 1 fully saturated rings. The lowest BCUT2D eigenvalue weighted by atomic mass is 10.0. The molecule has 1 atom stereocenters. The standard InChI is InChI=1S/C25H28N2O2/c1-26(15-14-22-12-7-11-21-10-5-6-13-23(21)22)25(28)24-19-27(16-17-29-24)18-20-8-3-2-4-9-20/h2-13,24H,14-19H2,1H3. The first kappa shape index (κ1) is 19.6. The largest absolute Gasteiger partial charge is 0.366 e. The second kappa shape index (κ2) is 9.21. The van der Waals surface area contributed by atoms with E-state index in [0.717, 1.165) is 19.5 Å². The molecule has 3 aromatic carbocycles. The summed E-state index contributed by atoms with van der Waals surface area (Å²) in [5, 5.41) is 2.50. The van der Waals surface area contributed by atoms with E-state index in [1.807, 2.05) is 18.0 Å². The fourth-order valence-electron chi connectivity index (χ4n) is 3.99. The molecule has 0 saturated carbocycles. The highest BCUT2D eigenvalue weighted by molar-refractivity contribution is 5.86. The summed E-state index contributed by atoms with van der Waals surface area (Å²) in [4.78, 5) is 17.1. The minimum Gasteiger partial charge on any atom is -0.366 e. The molecule has 0 aliphatic carbocycles. The fraction of sp³-hybridized carbons (Fsp3) is 0.320. The van der Waals surface area contributed by atoms with E-state index in [4.69, 9.17) is 4.74 Å². The van der Waals surface area contributed by atoms with E-state index in [1.165, 1.54) is 21.9 Å². The van der Waals surface area contributed by atoms with Crippen LogP contribution in [-0.2, 0) is 22.5 Å². The van der Waals surface area contributed by atoms with Crippen molar-refractivity contribution in [3.8, 4) is 0 Å². The molecule has 0 N–H and O–H groups in total. The van der Waals surface area contributed by atoms with Gasteiger partial charge in [-0.15, -0.1) is 0 Å². The number of carbonyl (C=O) groups excluding carboxylic acids is 1. The average Bonchev–Trinajstić information content (AvgIpc) is 2.78. The van der Waals surface area contributed by atoms with Gasteiger partial charge in [0.1, 0.15) is 6.10 Å². The highest BCUT2D eigenvalue weighted by Gasteiger charge is 2.28. The molecule has 3 aromatic rings. The van der Waals surface area contributed by atoms with Crippen LogP contribution in [0, 0.1) is 0 Å². The van der Waals surface area contributed by atoms with Crippen LogP contribution in [0.5, 0.6) is 0 Å². The molecule has 0 aromatic heterocycles. The first-order valence-electron chi connectivity index (χ1n) is 10.3. The number of carbonyl (C=O) groups is 1. The van der Waals surface area contributed by atoms with Gasteiger partial charge in [-0.3, -0.25) is 9.69 Å². The van der Waals surface area contributed by atoms with E-state index in [9.17, 15) is 4.79 Å². The number of morpholine rings is 1. The SMILES string of the molecule is CN(CCc1cccc2ccccc12)C(=O)C1CN(Cc2ccccc2)CCO1. The highest BCUT2D eigenvalue weighted by Crippen LogP contribution is 2.19. The Labute approximate surface area is 172 Å². The van der Waals surface area contributed by atoms with Gasteiger partial charge in [-0.2, -0.15) is 0 Å². The molecular formula is C25H28N2O2. The number of rotatable bonds is 6. The Balaban J connectivity index is 1.34. The first-order chi connectivity index (χ1) is 14.2. The van der Waals surface area contributed by atoms with Crippen LogP contribution in [0.1, 0.15) is 11.1 Å². The molecule has 1 heterocycles. The van der Waals surface area contributed by atoms with Gasteiger partial charge in [0.05, 0.1) is 6.61 Å². The Hall–Kier alpha value is -2.69. The molecule has 1 aliphatic heterocycles. The van der Waals surface area contributed by atoms with E-state index in [1.54, 1.807) is 0 Å².